The Morgan fingerprint density at radius 2 is 1.53 bits per heavy atom. The minimum absolute atomic E-state index is 0.0931. The fourth-order valence-electron chi connectivity index (χ4n) is 4.80. The first-order chi connectivity index (χ1) is 9.10. The third kappa shape index (κ3) is 2.60. The summed E-state index contributed by atoms with van der Waals surface area (Å²) in [5.74, 6) is 1.59. The standard InChI is InChI=1S/C14H21ClN2O2/c15-1-2-16-12(18)13(19)17-14-6-9-3-10(7-14)5-11(4-9)8-14/h9-11H,1-8H2,(H,16,18)(H,17,19). The van der Waals surface area contributed by atoms with Crippen molar-refractivity contribution in [1.82, 2.24) is 10.6 Å². The van der Waals surface area contributed by atoms with E-state index in [4.69, 9.17) is 11.6 Å². The lowest BCUT2D eigenvalue weighted by atomic mass is 9.53. The van der Waals surface area contributed by atoms with Crippen molar-refractivity contribution in [2.45, 2.75) is 44.1 Å². The van der Waals surface area contributed by atoms with Gasteiger partial charge in [-0.05, 0) is 56.3 Å². The molecular formula is C14H21ClN2O2. The molecule has 4 nitrogen and oxygen atoms in total. The second kappa shape index (κ2) is 4.97. The van der Waals surface area contributed by atoms with E-state index in [0.29, 0.717) is 12.4 Å². The predicted octanol–water partition coefficient (Wildman–Crippen LogP) is 1.43. The molecular weight excluding hydrogens is 264 g/mol. The van der Waals surface area contributed by atoms with Crippen LogP contribution in [-0.2, 0) is 9.59 Å². The van der Waals surface area contributed by atoms with Gasteiger partial charge in [0.05, 0.1) is 0 Å². The van der Waals surface area contributed by atoms with E-state index in [2.05, 4.69) is 10.6 Å². The maximum atomic E-state index is 12.0. The molecule has 0 saturated heterocycles. The van der Waals surface area contributed by atoms with Crippen LogP contribution in [0, 0.1) is 17.8 Å². The number of hydrogen-bond acceptors (Lipinski definition) is 2. The van der Waals surface area contributed by atoms with Gasteiger partial charge in [0, 0.05) is 18.0 Å². The summed E-state index contributed by atoms with van der Waals surface area (Å²) in [7, 11) is 0. The van der Waals surface area contributed by atoms with Gasteiger partial charge in [-0.1, -0.05) is 0 Å². The first kappa shape index (κ1) is 13.2. The molecule has 0 unspecified atom stereocenters. The molecule has 0 heterocycles. The van der Waals surface area contributed by atoms with E-state index in [1.54, 1.807) is 0 Å². The van der Waals surface area contributed by atoms with Gasteiger partial charge in [0.1, 0.15) is 0 Å². The van der Waals surface area contributed by atoms with Crippen LogP contribution in [0.3, 0.4) is 0 Å². The molecule has 0 aromatic heterocycles. The van der Waals surface area contributed by atoms with Crippen molar-refractivity contribution in [3.8, 4) is 0 Å². The number of rotatable bonds is 3. The molecule has 0 atom stereocenters. The van der Waals surface area contributed by atoms with Crippen molar-refractivity contribution in [1.29, 1.82) is 0 Å². The molecule has 2 N–H and O–H groups in total. The molecule has 0 radical (unpaired) electrons. The lowest BCUT2D eigenvalue weighted by Gasteiger charge is -2.56. The summed E-state index contributed by atoms with van der Waals surface area (Å²) in [5.41, 5.74) is -0.0931. The van der Waals surface area contributed by atoms with E-state index in [0.717, 1.165) is 37.0 Å². The van der Waals surface area contributed by atoms with Gasteiger partial charge in [-0.3, -0.25) is 9.59 Å². The molecule has 4 bridgehead atoms. The second-order valence-electron chi connectivity index (χ2n) is 6.60. The van der Waals surface area contributed by atoms with E-state index in [1.165, 1.54) is 19.3 Å². The molecule has 5 heteroatoms. The molecule has 4 fully saturated rings. The third-order valence-electron chi connectivity index (χ3n) is 5.00. The monoisotopic (exact) mass is 284 g/mol. The number of carbonyl (C=O) groups excluding carboxylic acids is 2. The van der Waals surface area contributed by atoms with E-state index >= 15 is 0 Å². The van der Waals surface area contributed by atoms with E-state index < -0.39 is 11.8 Å². The summed E-state index contributed by atoms with van der Waals surface area (Å²) in [4.78, 5) is 23.6. The maximum absolute atomic E-state index is 12.0. The van der Waals surface area contributed by atoms with Crippen LogP contribution in [0.4, 0.5) is 0 Å². The Morgan fingerprint density at radius 3 is 2.00 bits per heavy atom. The zero-order valence-electron chi connectivity index (χ0n) is 11.1. The van der Waals surface area contributed by atoms with Crippen molar-refractivity contribution in [3.63, 3.8) is 0 Å². The number of hydrogen-bond donors (Lipinski definition) is 2. The van der Waals surface area contributed by atoms with E-state index in [1.807, 2.05) is 0 Å². The quantitative estimate of drug-likeness (QED) is 0.608. The highest BCUT2D eigenvalue weighted by molar-refractivity contribution is 6.35. The molecule has 0 aromatic carbocycles. The van der Waals surface area contributed by atoms with Gasteiger partial charge in [0.15, 0.2) is 0 Å². The molecule has 4 rings (SSSR count). The van der Waals surface area contributed by atoms with Crippen molar-refractivity contribution in [2.75, 3.05) is 12.4 Å². The lowest BCUT2D eigenvalue weighted by molar-refractivity contribution is -0.142. The fraction of sp³-hybridized carbons (Fsp3) is 0.857. The smallest absolute Gasteiger partial charge is 0.309 e. The molecule has 0 aromatic rings. The van der Waals surface area contributed by atoms with Gasteiger partial charge in [0.2, 0.25) is 0 Å². The molecule has 0 spiro atoms. The van der Waals surface area contributed by atoms with Crippen molar-refractivity contribution in [3.05, 3.63) is 0 Å². The van der Waals surface area contributed by atoms with Crippen LogP contribution in [0.2, 0.25) is 0 Å². The minimum atomic E-state index is -0.545. The topological polar surface area (TPSA) is 58.2 Å². The Hall–Kier alpha value is -0.770. The Labute approximate surface area is 118 Å². The Bertz CT molecular complexity index is 362. The van der Waals surface area contributed by atoms with Crippen molar-refractivity contribution >= 4 is 23.4 Å². The molecule has 4 aliphatic rings. The van der Waals surface area contributed by atoms with Crippen LogP contribution in [0.5, 0.6) is 0 Å². The fourth-order valence-corrected chi connectivity index (χ4v) is 4.90. The van der Waals surface area contributed by atoms with Crippen molar-refractivity contribution < 1.29 is 9.59 Å². The third-order valence-corrected chi connectivity index (χ3v) is 5.19. The van der Waals surface area contributed by atoms with Gasteiger partial charge in [0.25, 0.3) is 0 Å². The number of carbonyl (C=O) groups is 2. The van der Waals surface area contributed by atoms with Gasteiger partial charge in [-0.15, -0.1) is 11.6 Å². The largest absolute Gasteiger partial charge is 0.347 e. The zero-order valence-corrected chi connectivity index (χ0v) is 11.8. The summed E-state index contributed by atoms with van der Waals surface area (Å²) >= 11 is 5.50. The van der Waals surface area contributed by atoms with Crippen LogP contribution in [0.15, 0.2) is 0 Å². The highest BCUT2D eigenvalue weighted by Gasteiger charge is 2.51. The average Bonchev–Trinajstić information content (AvgIpc) is 2.33. The molecule has 0 aliphatic heterocycles. The molecule has 2 amide bonds. The van der Waals surface area contributed by atoms with Crippen LogP contribution in [0.1, 0.15) is 38.5 Å². The number of alkyl halides is 1. The number of amides is 2. The highest BCUT2D eigenvalue weighted by Crippen LogP contribution is 2.55. The van der Waals surface area contributed by atoms with E-state index in [9.17, 15) is 9.59 Å². The highest BCUT2D eigenvalue weighted by atomic mass is 35.5. The Kier molecular flexibility index (Phi) is 3.46. The molecule has 106 valence electrons. The summed E-state index contributed by atoms with van der Waals surface area (Å²) in [6.45, 7) is 0.342. The van der Waals surface area contributed by atoms with E-state index in [-0.39, 0.29) is 5.54 Å². The lowest BCUT2D eigenvalue weighted by Crippen LogP contribution is -2.61. The Balaban J connectivity index is 1.63. The zero-order chi connectivity index (χ0) is 13.5. The van der Waals surface area contributed by atoms with Gasteiger partial charge < -0.3 is 10.6 Å². The minimum Gasteiger partial charge on any atom is -0.347 e. The second-order valence-corrected chi connectivity index (χ2v) is 6.97. The maximum Gasteiger partial charge on any atom is 0.309 e. The van der Waals surface area contributed by atoms with Crippen LogP contribution in [0.25, 0.3) is 0 Å². The SMILES string of the molecule is O=C(NCCCl)C(=O)NC12CC3CC(CC(C3)C1)C2. The van der Waals surface area contributed by atoms with Crippen molar-refractivity contribution in [2.24, 2.45) is 17.8 Å². The molecule has 4 saturated carbocycles. The Morgan fingerprint density at radius 1 is 1.00 bits per heavy atom. The van der Waals surface area contributed by atoms with Gasteiger partial charge in [-0.2, -0.15) is 0 Å². The van der Waals surface area contributed by atoms with Gasteiger partial charge >= 0.3 is 11.8 Å². The number of nitrogens with one attached hydrogen (secondary N) is 2. The molecule has 19 heavy (non-hydrogen) atoms. The van der Waals surface area contributed by atoms with Crippen LogP contribution < -0.4 is 10.6 Å². The van der Waals surface area contributed by atoms with Crippen LogP contribution >= 0.6 is 11.6 Å². The average molecular weight is 285 g/mol. The first-order valence-corrected chi connectivity index (χ1v) is 7.80. The summed E-state index contributed by atoms with van der Waals surface area (Å²) in [6.07, 6.45) is 7.17. The predicted molar refractivity (Wildman–Crippen MR) is 72.8 cm³/mol. The number of halogens is 1. The molecule has 4 aliphatic carbocycles. The van der Waals surface area contributed by atoms with Crippen LogP contribution in [-0.4, -0.2) is 29.8 Å². The summed E-state index contributed by atoms with van der Waals surface area (Å²) < 4.78 is 0. The summed E-state index contributed by atoms with van der Waals surface area (Å²) in [6, 6.07) is 0. The van der Waals surface area contributed by atoms with Gasteiger partial charge in [-0.25, -0.2) is 0 Å². The normalized spacial score (nSPS) is 39.1. The summed E-state index contributed by atoms with van der Waals surface area (Å²) in [5, 5.41) is 5.57. The first-order valence-electron chi connectivity index (χ1n) is 7.26.